The van der Waals surface area contributed by atoms with Gasteiger partial charge in [-0.3, -0.25) is 4.79 Å². The highest BCUT2D eigenvalue weighted by atomic mass is 16.5. The summed E-state index contributed by atoms with van der Waals surface area (Å²) in [5.74, 6) is -0.270. The van der Waals surface area contributed by atoms with Crippen molar-refractivity contribution in [2.24, 2.45) is 0 Å². The van der Waals surface area contributed by atoms with E-state index in [1.807, 2.05) is 43.3 Å². The largest absolute Gasteiger partial charge is 0.481 e. The third kappa shape index (κ3) is 2.76. The van der Waals surface area contributed by atoms with Gasteiger partial charge in [-0.15, -0.1) is 0 Å². The van der Waals surface area contributed by atoms with Crippen molar-refractivity contribution in [2.75, 3.05) is 0 Å². The standard InChI is InChI=1S/C16H15N3O3/c1-11-9-13(22-18-11)16-15(12-5-3-2-4-6-12)17-10-19(16)8-7-14(20)21/h2-6,9-10H,7-8H2,1H3,(H,20,21). The Morgan fingerprint density at radius 2 is 2.09 bits per heavy atom. The van der Waals surface area contributed by atoms with Crippen LogP contribution in [0.4, 0.5) is 0 Å². The van der Waals surface area contributed by atoms with Gasteiger partial charge in [0.15, 0.2) is 5.76 Å². The minimum absolute atomic E-state index is 0.0186. The van der Waals surface area contributed by atoms with Gasteiger partial charge in [0.05, 0.1) is 24.1 Å². The first kappa shape index (κ1) is 14.1. The molecule has 0 aliphatic heterocycles. The molecular weight excluding hydrogens is 282 g/mol. The number of hydrogen-bond acceptors (Lipinski definition) is 4. The summed E-state index contributed by atoms with van der Waals surface area (Å²) in [7, 11) is 0. The second-order valence-electron chi connectivity index (χ2n) is 4.98. The van der Waals surface area contributed by atoms with E-state index in [9.17, 15) is 4.79 Å². The Kier molecular flexibility index (Phi) is 3.74. The van der Waals surface area contributed by atoms with Crippen molar-refractivity contribution in [2.45, 2.75) is 19.9 Å². The second kappa shape index (κ2) is 5.85. The lowest BCUT2D eigenvalue weighted by molar-refractivity contribution is -0.137. The zero-order chi connectivity index (χ0) is 15.5. The summed E-state index contributed by atoms with van der Waals surface area (Å²) in [6, 6.07) is 11.5. The van der Waals surface area contributed by atoms with Gasteiger partial charge in [0.1, 0.15) is 5.69 Å². The molecule has 0 aliphatic rings. The van der Waals surface area contributed by atoms with Crippen LogP contribution in [0.3, 0.4) is 0 Å². The summed E-state index contributed by atoms with van der Waals surface area (Å²) >= 11 is 0. The molecule has 0 saturated heterocycles. The van der Waals surface area contributed by atoms with Gasteiger partial charge in [0, 0.05) is 18.2 Å². The summed E-state index contributed by atoms with van der Waals surface area (Å²) in [4.78, 5) is 15.3. The first-order valence-electron chi connectivity index (χ1n) is 6.91. The maximum Gasteiger partial charge on any atom is 0.305 e. The van der Waals surface area contributed by atoms with Gasteiger partial charge in [-0.1, -0.05) is 35.5 Å². The SMILES string of the molecule is Cc1cc(-c2c(-c3ccccc3)ncn2CCC(=O)O)on1. The highest BCUT2D eigenvalue weighted by Gasteiger charge is 2.18. The quantitative estimate of drug-likeness (QED) is 0.783. The number of aromatic nitrogens is 3. The van der Waals surface area contributed by atoms with E-state index in [4.69, 9.17) is 9.63 Å². The van der Waals surface area contributed by atoms with Crippen molar-refractivity contribution in [3.8, 4) is 22.7 Å². The molecule has 0 saturated carbocycles. The van der Waals surface area contributed by atoms with Gasteiger partial charge in [0.2, 0.25) is 0 Å². The second-order valence-corrected chi connectivity index (χ2v) is 4.98. The van der Waals surface area contributed by atoms with Gasteiger partial charge in [0.25, 0.3) is 0 Å². The van der Waals surface area contributed by atoms with E-state index >= 15 is 0 Å². The van der Waals surface area contributed by atoms with Gasteiger partial charge < -0.3 is 14.2 Å². The Morgan fingerprint density at radius 3 is 2.73 bits per heavy atom. The molecule has 0 unspecified atom stereocenters. The monoisotopic (exact) mass is 297 g/mol. The predicted octanol–water partition coefficient (Wildman–Crippen LogP) is 2.99. The maximum absolute atomic E-state index is 10.8. The number of aryl methyl sites for hydroxylation is 2. The Balaban J connectivity index is 2.09. The van der Waals surface area contributed by atoms with Crippen LogP contribution in [0.15, 0.2) is 47.2 Å². The summed E-state index contributed by atoms with van der Waals surface area (Å²) in [6.07, 6.45) is 1.66. The van der Waals surface area contributed by atoms with E-state index in [0.717, 1.165) is 22.6 Å². The minimum atomic E-state index is -0.852. The number of carbonyl (C=O) groups is 1. The normalized spacial score (nSPS) is 10.8. The number of carboxylic acids is 1. The number of aliphatic carboxylic acids is 1. The average Bonchev–Trinajstić information content (AvgIpc) is 3.11. The number of rotatable bonds is 5. The van der Waals surface area contributed by atoms with E-state index in [1.165, 1.54) is 0 Å². The molecule has 2 aromatic heterocycles. The van der Waals surface area contributed by atoms with E-state index < -0.39 is 5.97 Å². The number of benzene rings is 1. The third-order valence-electron chi connectivity index (χ3n) is 3.31. The molecule has 0 radical (unpaired) electrons. The zero-order valence-corrected chi connectivity index (χ0v) is 12.1. The summed E-state index contributed by atoms with van der Waals surface area (Å²) in [5, 5.41) is 12.8. The first-order chi connectivity index (χ1) is 10.6. The molecule has 1 N–H and O–H groups in total. The molecule has 0 bridgehead atoms. The first-order valence-corrected chi connectivity index (χ1v) is 6.91. The van der Waals surface area contributed by atoms with Gasteiger partial charge in [-0.25, -0.2) is 4.98 Å². The van der Waals surface area contributed by atoms with E-state index in [0.29, 0.717) is 12.3 Å². The van der Waals surface area contributed by atoms with Crippen molar-refractivity contribution in [3.05, 3.63) is 48.4 Å². The molecule has 6 nitrogen and oxygen atoms in total. The Bertz CT molecular complexity index is 790. The molecule has 0 fully saturated rings. The van der Waals surface area contributed by atoms with Crippen LogP contribution in [0.5, 0.6) is 0 Å². The van der Waals surface area contributed by atoms with Crippen molar-refractivity contribution in [3.63, 3.8) is 0 Å². The number of nitrogens with zero attached hydrogens (tertiary/aromatic N) is 3. The Morgan fingerprint density at radius 1 is 1.32 bits per heavy atom. The molecule has 0 spiro atoms. The third-order valence-corrected chi connectivity index (χ3v) is 3.31. The molecule has 1 aromatic carbocycles. The van der Waals surface area contributed by atoms with Gasteiger partial charge >= 0.3 is 5.97 Å². The Hall–Kier alpha value is -2.89. The van der Waals surface area contributed by atoms with Crippen molar-refractivity contribution in [1.82, 2.24) is 14.7 Å². The smallest absolute Gasteiger partial charge is 0.305 e. The number of imidazole rings is 1. The number of hydrogen-bond donors (Lipinski definition) is 1. The molecule has 0 atom stereocenters. The maximum atomic E-state index is 10.8. The van der Waals surface area contributed by atoms with Crippen molar-refractivity contribution < 1.29 is 14.4 Å². The lowest BCUT2D eigenvalue weighted by Crippen LogP contribution is -2.05. The van der Waals surface area contributed by atoms with E-state index in [2.05, 4.69) is 10.1 Å². The minimum Gasteiger partial charge on any atom is -0.481 e. The van der Waals surface area contributed by atoms with Crippen LogP contribution in [-0.4, -0.2) is 25.8 Å². The van der Waals surface area contributed by atoms with Crippen LogP contribution in [0.25, 0.3) is 22.7 Å². The van der Waals surface area contributed by atoms with Crippen LogP contribution in [-0.2, 0) is 11.3 Å². The van der Waals surface area contributed by atoms with Gasteiger partial charge in [-0.05, 0) is 6.92 Å². The molecule has 2 heterocycles. The van der Waals surface area contributed by atoms with Crippen molar-refractivity contribution in [1.29, 1.82) is 0 Å². The van der Waals surface area contributed by atoms with Crippen LogP contribution < -0.4 is 0 Å². The fourth-order valence-electron chi connectivity index (χ4n) is 2.31. The molecule has 0 aliphatic carbocycles. The zero-order valence-electron chi connectivity index (χ0n) is 12.1. The highest BCUT2D eigenvalue weighted by Crippen LogP contribution is 2.31. The summed E-state index contributed by atoms with van der Waals surface area (Å²) in [6.45, 7) is 2.16. The highest BCUT2D eigenvalue weighted by molar-refractivity contribution is 5.76. The molecule has 6 heteroatoms. The molecule has 22 heavy (non-hydrogen) atoms. The molecule has 3 aromatic rings. The van der Waals surface area contributed by atoms with Crippen LogP contribution in [0.2, 0.25) is 0 Å². The molecule has 112 valence electrons. The fourth-order valence-corrected chi connectivity index (χ4v) is 2.31. The van der Waals surface area contributed by atoms with Crippen LogP contribution in [0, 0.1) is 6.92 Å². The average molecular weight is 297 g/mol. The summed E-state index contributed by atoms with van der Waals surface area (Å²) < 4.78 is 7.15. The van der Waals surface area contributed by atoms with Crippen molar-refractivity contribution >= 4 is 5.97 Å². The summed E-state index contributed by atoms with van der Waals surface area (Å²) in [5.41, 5.74) is 3.20. The van der Waals surface area contributed by atoms with E-state index in [-0.39, 0.29) is 6.42 Å². The van der Waals surface area contributed by atoms with Crippen LogP contribution >= 0.6 is 0 Å². The molecule has 0 amide bonds. The fraction of sp³-hybridized carbons (Fsp3) is 0.188. The van der Waals surface area contributed by atoms with Crippen LogP contribution in [0.1, 0.15) is 12.1 Å². The topological polar surface area (TPSA) is 81.2 Å². The van der Waals surface area contributed by atoms with Gasteiger partial charge in [-0.2, -0.15) is 0 Å². The molecular formula is C16H15N3O3. The molecule has 3 rings (SSSR count). The Labute approximate surface area is 127 Å². The van der Waals surface area contributed by atoms with E-state index in [1.54, 1.807) is 10.9 Å². The number of carboxylic acid groups (broad SMARTS) is 1. The lowest BCUT2D eigenvalue weighted by Gasteiger charge is -2.06. The predicted molar refractivity (Wildman–Crippen MR) is 80.1 cm³/mol. The lowest BCUT2D eigenvalue weighted by atomic mass is 10.1.